The van der Waals surface area contributed by atoms with Gasteiger partial charge in [-0.15, -0.1) is 0 Å². The molecule has 1 atom stereocenters. The Labute approximate surface area is 162 Å². The standard InChI is InChI=1S/C21H23F2NO4/c22-21(23)28-18-8-3-15(4-9-18)5-12-20(25)24-16-6-10-17(11-7-16)27-14-19-2-1-13-26-19/h3-4,6-11,19,21H,1-2,5,12-14H2,(H,24,25). The average Bonchev–Trinajstić information content (AvgIpc) is 3.20. The molecule has 0 radical (unpaired) electrons. The van der Waals surface area contributed by atoms with Gasteiger partial charge in [0.05, 0.1) is 6.10 Å². The van der Waals surface area contributed by atoms with E-state index < -0.39 is 6.61 Å². The van der Waals surface area contributed by atoms with Crippen LogP contribution in [0.25, 0.3) is 0 Å². The van der Waals surface area contributed by atoms with E-state index in [4.69, 9.17) is 9.47 Å². The van der Waals surface area contributed by atoms with Crippen molar-refractivity contribution in [1.82, 2.24) is 0 Å². The van der Waals surface area contributed by atoms with Gasteiger partial charge in [-0.25, -0.2) is 0 Å². The van der Waals surface area contributed by atoms with E-state index >= 15 is 0 Å². The number of anilines is 1. The van der Waals surface area contributed by atoms with Crippen molar-refractivity contribution in [3.8, 4) is 11.5 Å². The number of hydrogen-bond donors (Lipinski definition) is 1. The molecule has 1 aliphatic rings. The summed E-state index contributed by atoms with van der Waals surface area (Å²) in [6, 6.07) is 13.5. The molecule has 0 aliphatic carbocycles. The van der Waals surface area contributed by atoms with Crippen molar-refractivity contribution in [1.29, 1.82) is 0 Å². The fourth-order valence-corrected chi connectivity index (χ4v) is 2.92. The number of carbonyl (C=O) groups is 1. The molecular formula is C21H23F2NO4. The van der Waals surface area contributed by atoms with Crippen LogP contribution in [-0.2, 0) is 16.0 Å². The number of aryl methyl sites for hydroxylation is 1. The minimum atomic E-state index is -2.84. The maximum atomic E-state index is 12.1. The number of benzene rings is 2. The lowest BCUT2D eigenvalue weighted by molar-refractivity contribution is -0.116. The van der Waals surface area contributed by atoms with E-state index in [1.165, 1.54) is 12.1 Å². The van der Waals surface area contributed by atoms with Gasteiger partial charge in [0.2, 0.25) is 5.91 Å². The number of nitrogens with one attached hydrogen (secondary N) is 1. The summed E-state index contributed by atoms with van der Waals surface area (Å²) in [6.07, 6.45) is 3.05. The van der Waals surface area contributed by atoms with Gasteiger partial charge in [0.25, 0.3) is 0 Å². The molecule has 2 aromatic carbocycles. The number of hydrogen-bond acceptors (Lipinski definition) is 4. The molecular weight excluding hydrogens is 368 g/mol. The summed E-state index contributed by atoms with van der Waals surface area (Å²) < 4.78 is 39.8. The second-order valence-corrected chi connectivity index (χ2v) is 6.54. The Kier molecular flexibility index (Phi) is 7.19. The third-order valence-electron chi connectivity index (χ3n) is 4.39. The van der Waals surface area contributed by atoms with Crippen LogP contribution in [0.15, 0.2) is 48.5 Å². The first-order valence-corrected chi connectivity index (χ1v) is 9.26. The van der Waals surface area contributed by atoms with Gasteiger partial charge in [-0.1, -0.05) is 12.1 Å². The molecule has 0 saturated carbocycles. The van der Waals surface area contributed by atoms with Gasteiger partial charge in [-0.05, 0) is 61.2 Å². The normalized spacial score (nSPS) is 16.2. The minimum Gasteiger partial charge on any atom is -0.491 e. The van der Waals surface area contributed by atoms with E-state index in [0.717, 1.165) is 30.8 Å². The van der Waals surface area contributed by atoms with Gasteiger partial charge >= 0.3 is 6.61 Å². The Morgan fingerprint density at radius 1 is 1.11 bits per heavy atom. The third kappa shape index (κ3) is 6.49. The van der Waals surface area contributed by atoms with Gasteiger partial charge in [-0.2, -0.15) is 8.78 Å². The van der Waals surface area contributed by atoms with Crippen LogP contribution in [0.4, 0.5) is 14.5 Å². The number of amides is 1. The Hall–Kier alpha value is -2.67. The molecule has 7 heteroatoms. The predicted molar refractivity (Wildman–Crippen MR) is 101 cm³/mol. The fraction of sp³-hybridized carbons (Fsp3) is 0.381. The highest BCUT2D eigenvalue weighted by Crippen LogP contribution is 2.19. The van der Waals surface area contributed by atoms with Crippen molar-refractivity contribution in [3.63, 3.8) is 0 Å². The molecule has 150 valence electrons. The maximum absolute atomic E-state index is 12.1. The number of rotatable bonds is 9. The monoisotopic (exact) mass is 391 g/mol. The zero-order chi connectivity index (χ0) is 19.8. The zero-order valence-corrected chi connectivity index (χ0v) is 15.4. The molecule has 0 bridgehead atoms. The molecule has 0 aromatic heterocycles. The Bertz CT molecular complexity index is 744. The van der Waals surface area contributed by atoms with Crippen LogP contribution >= 0.6 is 0 Å². The molecule has 1 unspecified atom stereocenters. The summed E-state index contributed by atoms with van der Waals surface area (Å²) in [6.45, 7) is -1.51. The summed E-state index contributed by atoms with van der Waals surface area (Å²) in [7, 11) is 0. The molecule has 5 nitrogen and oxygen atoms in total. The van der Waals surface area contributed by atoms with Crippen molar-refractivity contribution >= 4 is 11.6 Å². The van der Waals surface area contributed by atoms with Crippen LogP contribution in [0, 0.1) is 0 Å². The highest BCUT2D eigenvalue weighted by atomic mass is 19.3. The van der Waals surface area contributed by atoms with Gasteiger partial charge in [0, 0.05) is 18.7 Å². The fourth-order valence-electron chi connectivity index (χ4n) is 2.92. The molecule has 2 aromatic rings. The first kappa shape index (κ1) is 20.1. The van der Waals surface area contributed by atoms with Crippen LogP contribution in [-0.4, -0.2) is 31.8 Å². The van der Waals surface area contributed by atoms with E-state index in [1.54, 1.807) is 24.3 Å². The van der Waals surface area contributed by atoms with E-state index in [1.807, 2.05) is 12.1 Å². The second-order valence-electron chi connectivity index (χ2n) is 6.54. The van der Waals surface area contributed by atoms with Gasteiger partial charge < -0.3 is 19.5 Å². The SMILES string of the molecule is O=C(CCc1ccc(OC(F)F)cc1)Nc1ccc(OCC2CCCO2)cc1. The predicted octanol–water partition coefficient (Wildman–Crippen LogP) is 4.42. The highest BCUT2D eigenvalue weighted by molar-refractivity contribution is 5.90. The van der Waals surface area contributed by atoms with E-state index in [-0.39, 0.29) is 24.2 Å². The number of halogens is 2. The maximum Gasteiger partial charge on any atom is 0.387 e. The second kappa shape index (κ2) is 10.0. The van der Waals surface area contributed by atoms with E-state index in [0.29, 0.717) is 18.7 Å². The van der Waals surface area contributed by atoms with Gasteiger partial charge in [-0.3, -0.25) is 4.79 Å². The van der Waals surface area contributed by atoms with Gasteiger partial charge in [0.1, 0.15) is 18.1 Å². The molecule has 0 spiro atoms. The third-order valence-corrected chi connectivity index (χ3v) is 4.39. The molecule has 1 heterocycles. The molecule has 28 heavy (non-hydrogen) atoms. The zero-order valence-electron chi connectivity index (χ0n) is 15.4. The first-order chi connectivity index (χ1) is 13.6. The van der Waals surface area contributed by atoms with Crippen LogP contribution in [0.1, 0.15) is 24.8 Å². The Morgan fingerprint density at radius 3 is 2.46 bits per heavy atom. The molecule has 1 N–H and O–H groups in total. The topological polar surface area (TPSA) is 56.8 Å². The van der Waals surface area contributed by atoms with Crippen LogP contribution in [0.5, 0.6) is 11.5 Å². The summed E-state index contributed by atoms with van der Waals surface area (Å²) in [5, 5.41) is 2.83. The average molecular weight is 391 g/mol. The molecule has 1 amide bonds. The molecule has 3 rings (SSSR count). The van der Waals surface area contributed by atoms with Crippen molar-refractivity contribution in [3.05, 3.63) is 54.1 Å². The molecule has 1 aliphatic heterocycles. The van der Waals surface area contributed by atoms with Crippen LogP contribution < -0.4 is 14.8 Å². The first-order valence-electron chi connectivity index (χ1n) is 9.26. The molecule has 1 fully saturated rings. The van der Waals surface area contributed by atoms with Crippen LogP contribution in [0.2, 0.25) is 0 Å². The Morgan fingerprint density at radius 2 is 1.82 bits per heavy atom. The van der Waals surface area contributed by atoms with E-state index in [9.17, 15) is 13.6 Å². The smallest absolute Gasteiger partial charge is 0.387 e. The number of ether oxygens (including phenoxy) is 3. The quantitative estimate of drug-likeness (QED) is 0.688. The minimum absolute atomic E-state index is 0.102. The summed E-state index contributed by atoms with van der Waals surface area (Å²) in [5.74, 6) is 0.713. The van der Waals surface area contributed by atoms with Crippen molar-refractivity contribution in [2.45, 2.75) is 38.4 Å². The van der Waals surface area contributed by atoms with Crippen molar-refractivity contribution in [2.75, 3.05) is 18.5 Å². The van der Waals surface area contributed by atoms with E-state index in [2.05, 4.69) is 10.1 Å². The number of carbonyl (C=O) groups excluding carboxylic acids is 1. The van der Waals surface area contributed by atoms with Crippen molar-refractivity contribution < 1.29 is 27.8 Å². The Balaban J connectivity index is 1.40. The summed E-state index contributed by atoms with van der Waals surface area (Å²) >= 11 is 0. The van der Waals surface area contributed by atoms with Crippen molar-refractivity contribution in [2.24, 2.45) is 0 Å². The summed E-state index contributed by atoms with van der Waals surface area (Å²) in [4.78, 5) is 12.1. The lowest BCUT2D eigenvalue weighted by atomic mass is 10.1. The molecule has 1 saturated heterocycles. The highest BCUT2D eigenvalue weighted by Gasteiger charge is 2.15. The lowest BCUT2D eigenvalue weighted by Gasteiger charge is -2.12. The largest absolute Gasteiger partial charge is 0.491 e. The van der Waals surface area contributed by atoms with Crippen LogP contribution in [0.3, 0.4) is 0 Å². The lowest BCUT2D eigenvalue weighted by Crippen LogP contribution is -2.16. The van der Waals surface area contributed by atoms with Gasteiger partial charge in [0.15, 0.2) is 0 Å². The number of alkyl halides is 2. The summed E-state index contributed by atoms with van der Waals surface area (Å²) in [5.41, 5.74) is 1.56.